The van der Waals surface area contributed by atoms with Gasteiger partial charge in [-0.2, -0.15) is 8.78 Å². The average molecular weight is 504 g/mol. The fourth-order valence-corrected chi connectivity index (χ4v) is 3.78. The molecule has 1 nitrogen and oxygen atoms in total. The third-order valence-electron chi connectivity index (χ3n) is 5.62. The Morgan fingerprint density at radius 2 is 1.11 bits per heavy atom. The first-order chi connectivity index (χ1) is 17.1. The number of hydrogen-bond donors (Lipinski definition) is 0. The van der Waals surface area contributed by atoms with Crippen molar-refractivity contribution in [1.82, 2.24) is 0 Å². The summed E-state index contributed by atoms with van der Waals surface area (Å²) in [5, 5.41) is 0. The van der Waals surface area contributed by atoms with Gasteiger partial charge in [0.25, 0.3) is 0 Å². The van der Waals surface area contributed by atoms with E-state index >= 15 is 0 Å². The van der Waals surface area contributed by atoms with E-state index in [4.69, 9.17) is 0 Å². The van der Waals surface area contributed by atoms with E-state index in [0.29, 0.717) is 5.56 Å². The van der Waals surface area contributed by atoms with Gasteiger partial charge in [-0.3, -0.25) is 0 Å². The van der Waals surface area contributed by atoms with E-state index in [1.54, 1.807) is 12.1 Å². The van der Waals surface area contributed by atoms with Crippen molar-refractivity contribution in [2.75, 3.05) is 0 Å². The molecule has 0 fully saturated rings. The van der Waals surface area contributed by atoms with Crippen molar-refractivity contribution in [3.05, 3.63) is 113 Å². The maximum Gasteiger partial charge on any atom is 0.426 e. The van der Waals surface area contributed by atoms with E-state index < -0.39 is 46.5 Å². The van der Waals surface area contributed by atoms with E-state index in [1.165, 1.54) is 12.1 Å². The fraction of sp³-hybridized carbons (Fsp3) is 0.143. The zero-order valence-electron chi connectivity index (χ0n) is 18.9. The Bertz CT molecular complexity index is 1360. The van der Waals surface area contributed by atoms with E-state index in [2.05, 4.69) is 4.74 Å². The summed E-state index contributed by atoms with van der Waals surface area (Å²) in [6.45, 7) is 2.04. The van der Waals surface area contributed by atoms with Crippen LogP contribution in [0.25, 0.3) is 22.3 Å². The van der Waals surface area contributed by atoms with Crippen LogP contribution in [0.15, 0.2) is 72.8 Å². The molecule has 0 bridgehead atoms. The monoisotopic (exact) mass is 504 g/mol. The number of benzene rings is 4. The molecule has 0 radical (unpaired) electrons. The summed E-state index contributed by atoms with van der Waals surface area (Å²) in [5.74, 6) is -8.33. The van der Waals surface area contributed by atoms with Gasteiger partial charge in [-0.15, -0.1) is 0 Å². The Labute approximate surface area is 202 Å². The molecule has 4 rings (SSSR count). The van der Waals surface area contributed by atoms with E-state index in [1.807, 2.05) is 19.1 Å². The predicted octanol–water partition coefficient (Wildman–Crippen LogP) is 8.80. The number of ether oxygens (including phenoxy) is 1. The Hall–Kier alpha value is -3.81. The van der Waals surface area contributed by atoms with Crippen molar-refractivity contribution in [2.45, 2.75) is 25.9 Å². The van der Waals surface area contributed by atoms with Gasteiger partial charge in [0.2, 0.25) is 0 Å². The van der Waals surface area contributed by atoms with Crippen molar-refractivity contribution in [1.29, 1.82) is 0 Å². The molecule has 0 aromatic heterocycles. The molecule has 0 unspecified atom stereocenters. The molecule has 0 saturated heterocycles. The number of rotatable bonds is 7. The molecule has 0 saturated carbocycles. The van der Waals surface area contributed by atoms with Gasteiger partial charge in [-0.25, -0.2) is 22.0 Å². The van der Waals surface area contributed by atoms with Gasteiger partial charge < -0.3 is 4.74 Å². The largest absolute Gasteiger partial charge is 0.429 e. The Balaban J connectivity index is 1.58. The van der Waals surface area contributed by atoms with Crippen LogP contribution in [0.2, 0.25) is 0 Å². The molecular formula is C28H19F7O. The summed E-state index contributed by atoms with van der Waals surface area (Å²) in [4.78, 5) is 0. The van der Waals surface area contributed by atoms with Crippen molar-refractivity contribution < 1.29 is 35.5 Å². The van der Waals surface area contributed by atoms with E-state index in [0.717, 1.165) is 42.7 Å². The molecule has 0 amide bonds. The topological polar surface area (TPSA) is 9.23 Å². The lowest BCUT2D eigenvalue weighted by atomic mass is 9.97. The molecule has 0 spiro atoms. The Morgan fingerprint density at radius 3 is 1.58 bits per heavy atom. The van der Waals surface area contributed by atoms with Gasteiger partial charge in [0, 0.05) is 23.3 Å². The lowest BCUT2D eigenvalue weighted by molar-refractivity contribution is -0.185. The third kappa shape index (κ3) is 5.08. The second-order valence-corrected chi connectivity index (χ2v) is 8.13. The third-order valence-corrected chi connectivity index (χ3v) is 5.62. The van der Waals surface area contributed by atoms with Crippen molar-refractivity contribution in [3.63, 3.8) is 0 Å². The average Bonchev–Trinajstić information content (AvgIpc) is 2.85. The lowest BCUT2D eigenvalue weighted by Crippen LogP contribution is -2.22. The highest BCUT2D eigenvalue weighted by Gasteiger charge is 2.35. The molecule has 0 aliphatic heterocycles. The van der Waals surface area contributed by atoms with E-state index in [-0.39, 0.29) is 28.8 Å². The van der Waals surface area contributed by atoms with Gasteiger partial charge in [0.1, 0.15) is 5.75 Å². The van der Waals surface area contributed by atoms with Crippen LogP contribution >= 0.6 is 0 Å². The summed E-state index contributed by atoms with van der Waals surface area (Å²) in [6, 6.07) is 14.5. The minimum absolute atomic E-state index is 0.0645. The zero-order chi connectivity index (χ0) is 26.0. The highest BCUT2D eigenvalue weighted by Crippen LogP contribution is 2.36. The van der Waals surface area contributed by atoms with Crippen LogP contribution in [-0.2, 0) is 12.5 Å². The van der Waals surface area contributed by atoms with Crippen LogP contribution < -0.4 is 4.74 Å². The summed E-state index contributed by atoms with van der Waals surface area (Å²) in [7, 11) is 0. The minimum atomic E-state index is -4.05. The van der Waals surface area contributed by atoms with Crippen LogP contribution in [0, 0.1) is 29.1 Å². The molecule has 186 valence electrons. The highest BCUT2D eigenvalue weighted by molar-refractivity contribution is 5.72. The summed E-state index contributed by atoms with van der Waals surface area (Å²) in [6.07, 6.45) is -2.22. The molecule has 0 aliphatic carbocycles. The predicted molar refractivity (Wildman–Crippen MR) is 122 cm³/mol. The number of halogens is 7. The van der Waals surface area contributed by atoms with Gasteiger partial charge >= 0.3 is 6.11 Å². The smallest absolute Gasteiger partial charge is 0.426 e. The van der Waals surface area contributed by atoms with Crippen LogP contribution in [0.4, 0.5) is 30.7 Å². The van der Waals surface area contributed by atoms with E-state index in [9.17, 15) is 30.7 Å². The molecule has 36 heavy (non-hydrogen) atoms. The fourth-order valence-electron chi connectivity index (χ4n) is 3.78. The SMILES string of the molecule is CCCc1ccc(-c2ccc(-c3ccc(C(F)(F)Oc4cc(F)c(F)c(F)c4)cc3)c(F)c2F)cc1. The summed E-state index contributed by atoms with van der Waals surface area (Å²) >= 11 is 0. The summed E-state index contributed by atoms with van der Waals surface area (Å²) < 4.78 is 103. The molecule has 4 aromatic carbocycles. The van der Waals surface area contributed by atoms with Crippen molar-refractivity contribution in [2.24, 2.45) is 0 Å². The first-order valence-corrected chi connectivity index (χ1v) is 11.0. The second kappa shape index (κ2) is 10.0. The lowest BCUT2D eigenvalue weighted by Gasteiger charge is -2.19. The Morgan fingerprint density at radius 1 is 0.639 bits per heavy atom. The zero-order valence-corrected chi connectivity index (χ0v) is 18.9. The van der Waals surface area contributed by atoms with Gasteiger partial charge in [-0.1, -0.05) is 61.9 Å². The first kappa shape index (κ1) is 25.3. The highest BCUT2D eigenvalue weighted by atomic mass is 19.3. The number of aryl methyl sites for hydroxylation is 1. The number of alkyl halides is 2. The maximum absolute atomic E-state index is 14.9. The van der Waals surface area contributed by atoms with Crippen molar-refractivity contribution in [3.8, 4) is 28.0 Å². The van der Waals surface area contributed by atoms with Crippen LogP contribution in [0.1, 0.15) is 24.5 Å². The second-order valence-electron chi connectivity index (χ2n) is 8.13. The Kier molecular flexibility index (Phi) is 7.06. The normalized spacial score (nSPS) is 11.6. The molecule has 4 aromatic rings. The van der Waals surface area contributed by atoms with Crippen LogP contribution in [0.3, 0.4) is 0 Å². The molecule has 0 aliphatic rings. The van der Waals surface area contributed by atoms with Gasteiger partial charge in [0.15, 0.2) is 29.1 Å². The quantitative estimate of drug-likeness (QED) is 0.181. The minimum Gasteiger partial charge on any atom is -0.429 e. The number of hydrogen-bond acceptors (Lipinski definition) is 1. The van der Waals surface area contributed by atoms with Gasteiger partial charge in [0.05, 0.1) is 5.56 Å². The standard InChI is InChI=1S/C28H19F7O/c1-2-3-16-4-6-17(7-5-16)21-12-13-22(26(32)25(21)31)18-8-10-19(11-9-18)28(34,35)36-20-14-23(29)27(33)24(30)15-20/h4-15H,2-3H2,1H3. The molecule has 8 heteroatoms. The summed E-state index contributed by atoms with van der Waals surface area (Å²) in [5.41, 5.74) is 0.899. The van der Waals surface area contributed by atoms with Crippen molar-refractivity contribution >= 4 is 0 Å². The molecule has 0 heterocycles. The first-order valence-electron chi connectivity index (χ1n) is 11.0. The maximum atomic E-state index is 14.9. The van der Waals surface area contributed by atoms with Crippen LogP contribution in [-0.4, -0.2) is 0 Å². The van der Waals surface area contributed by atoms with Gasteiger partial charge in [-0.05, 0) is 35.2 Å². The molecule has 0 atom stereocenters. The molecule has 0 N–H and O–H groups in total. The van der Waals surface area contributed by atoms with Crippen LogP contribution in [0.5, 0.6) is 5.75 Å². The molecular weight excluding hydrogens is 485 g/mol.